The lowest BCUT2D eigenvalue weighted by Gasteiger charge is -2.36. The van der Waals surface area contributed by atoms with Crippen molar-refractivity contribution < 1.29 is 9.90 Å². The highest BCUT2D eigenvalue weighted by molar-refractivity contribution is 5.93. The van der Waals surface area contributed by atoms with Crippen molar-refractivity contribution in [3.05, 3.63) is 34.9 Å². The molecule has 2 aromatic rings. The molecule has 1 fully saturated rings. The summed E-state index contributed by atoms with van der Waals surface area (Å²) < 4.78 is 1.49. The summed E-state index contributed by atoms with van der Waals surface area (Å²) in [5, 5.41) is 14.1. The summed E-state index contributed by atoms with van der Waals surface area (Å²) in [6.07, 6.45) is 3.14. The Morgan fingerprint density at radius 1 is 1.32 bits per heavy atom. The third-order valence-corrected chi connectivity index (χ3v) is 5.28. The fourth-order valence-electron chi connectivity index (χ4n) is 3.41. The molecule has 8 nitrogen and oxygen atoms in total. The van der Waals surface area contributed by atoms with Crippen LogP contribution in [0.5, 0.6) is 0 Å². The SMILES string of the molecule is CN(C)CCC(=O)Nc1ccc2c(=O)n(CC3(O)CCN(C)CC3)cnc2c1. The summed E-state index contributed by atoms with van der Waals surface area (Å²) >= 11 is 0. The van der Waals surface area contributed by atoms with Crippen LogP contribution in [0.15, 0.2) is 29.3 Å². The van der Waals surface area contributed by atoms with E-state index in [-0.39, 0.29) is 18.0 Å². The number of aromatic nitrogens is 2. The van der Waals surface area contributed by atoms with Gasteiger partial charge < -0.3 is 20.2 Å². The molecule has 2 N–H and O–H groups in total. The number of fused-ring (bicyclic) bond motifs is 1. The normalized spacial score (nSPS) is 17.2. The third-order valence-electron chi connectivity index (χ3n) is 5.28. The van der Waals surface area contributed by atoms with Crippen LogP contribution in [0.4, 0.5) is 5.69 Å². The Hall–Kier alpha value is -2.29. The molecule has 1 saturated heterocycles. The molecule has 1 aromatic heterocycles. The van der Waals surface area contributed by atoms with Crippen LogP contribution in [-0.4, -0.2) is 76.7 Å². The molecule has 2 heterocycles. The van der Waals surface area contributed by atoms with Crippen LogP contribution in [0, 0.1) is 0 Å². The molecule has 1 aliphatic heterocycles. The number of nitrogens with one attached hydrogen (secondary N) is 1. The maximum absolute atomic E-state index is 12.8. The van der Waals surface area contributed by atoms with E-state index in [9.17, 15) is 14.7 Å². The lowest BCUT2D eigenvalue weighted by Crippen LogP contribution is -2.46. The van der Waals surface area contributed by atoms with Crippen molar-refractivity contribution in [2.24, 2.45) is 0 Å². The highest BCUT2D eigenvalue weighted by Gasteiger charge is 2.32. The molecule has 0 aliphatic carbocycles. The second-order valence-corrected chi connectivity index (χ2v) is 8.04. The Labute approximate surface area is 164 Å². The van der Waals surface area contributed by atoms with Crippen molar-refractivity contribution in [2.45, 2.75) is 31.4 Å². The molecule has 28 heavy (non-hydrogen) atoms. The van der Waals surface area contributed by atoms with Crippen molar-refractivity contribution in [3.63, 3.8) is 0 Å². The Morgan fingerprint density at radius 3 is 2.71 bits per heavy atom. The van der Waals surface area contributed by atoms with Gasteiger partial charge in [-0.2, -0.15) is 0 Å². The largest absolute Gasteiger partial charge is 0.388 e. The first kappa shape index (κ1) is 20.4. The minimum absolute atomic E-state index is 0.0779. The Kier molecular flexibility index (Phi) is 6.12. The van der Waals surface area contributed by atoms with Crippen LogP contribution < -0.4 is 10.9 Å². The molecular weight excluding hydrogens is 358 g/mol. The van der Waals surface area contributed by atoms with Gasteiger partial charge >= 0.3 is 0 Å². The maximum atomic E-state index is 12.8. The number of carbonyl (C=O) groups excluding carboxylic acids is 1. The van der Waals surface area contributed by atoms with Crippen molar-refractivity contribution >= 4 is 22.5 Å². The van der Waals surface area contributed by atoms with Gasteiger partial charge in [-0.25, -0.2) is 4.98 Å². The molecule has 0 saturated carbocycles. The standard InChI is InChI=1S/C20H29N5O3/c1-23(2)9-6-18(26)22-15-4-5-16-17(12-15)21-14-25(19(16)27)13-20(28)7-10-24(3)11-8-20/h4-5,12,14,28H,6-11,13H2,1-3H3,(H,22,26). The van der Waals surface area contributed by atoms with Gasteiger partial charge in [0, 0.05) is 31.7 Å². The van der Waals surface area contributed by atoms with Gasteiger partial charge in [-0.1, -0.05) is 0 Å². The van der Waals surface area contributed by atoms with Crippen molar-refractivity contribution in [2.75, 3.05) is 46.1 Å². The molecule has 1 aromatic carbocycles. The van der Waals surface area contributed by atoms with Crippen LogP contribution in [0.1, 0.15) is 19.3 Å². The Bertz CT molecular complexity index is 900. The number of hydrogen-bond donors (Lipinski definition) is 2. The average Bonchev–Trinajstić information content (AvgIpc) is 2.65. The molecule has 0 unspecified atom stereocenters. The molecule has 0 radical (unpaired) electrons. The van der Waals surface area contributed by atoms with Crippen LogP contribution in [0.25, 0.3) is 10.9 Å². The van der Waals surface area contributed by atoms with E-state index < -0.39 is 5.60 Å². The summed E-state index contributed by atoms with van der Waals surface area (Å²) in [5.74, 6) is -0.0779. The molecular formula is C20H29N5O3. The quantitative estimate of drug-likeness (QED) is 0.760. The summed E-state index contributed by atoms with van der Waals surface area (Å²) in [4.78, 5) is 33.3. The smallest absolute Gasteiger partial charge is 0.261 e. The number of nitrogens with zero attached hydrogens (tertiary/aromatic N) is 4. The first-order chi connectivity index (χ1) is 13.3. The van der Waals surface area contributed by atoms with Gasteiger partial charge in [0.05, 0.1) is 29.4 Å². The predicted molar refractivity (Wildman–Crippen MR) is 109 cm³/mol. The number of amides is 1. The van der Waals surface area contributed by atoms with Crippen molar-refractivity contribution in [1.82, 2.24) is 19.4 Å². The van der Waals surface area contributed by atoms with E-state index >= 15 is 0 Å². The molecule has 0 atom stereocenters. The van der Waals surface area contributed by atoms with Gasteiger partial charge in [-0.05, 0) is 52.2 Å². The second kappa shape index (κ2) is 8.38. The van der Waals surface area contributed by atoms with E-state index in [2.05, 4.69) is 15.2 Å². The van der Waals surface area contributed by atoms with E-state index in [1.165, 1.54) is 10.9 Å². The van der Waals surface area contributed by atoms with E-state index in [1.807, 2.05) is 26.0 Å². The fourth-order valence-corrected chi connectivity index (χ4v) is 3.41. The maximum Gasteiger partial charge on any atom is 0.261 e. The highest BCUT2D eigenvalue weighted by Crippen LogP contribution is 2.23. The summed E-state index contributed by atoms with van der Waals surface area (Å²) in [7, 11) is 5.86. The zero-order chi connectivity index (χ0) is 20.3. The van der Waals surface area contributed by atoms with Crippen LogP contribution in [-0.2, 0) is 11.3 Å². The summed E-state index contributed by atoms with van der Waals surface area (Å²) in [6.45, 7) is 2.53. The molecule has 3 rings (SSSR count). The van der Waals surface area contributed by atoms with Crippen LogP contribution in [0.2, 0.25) is 0 Å². The second-order valence-electron chi connectivity index (χ2n) is 8.04. The van der Waals surface area contributed by atoms with E-state index in [4.69, 9.17) is 0 Å². The first-order valence-corrected chi connectivity index (χ1v) is 9.60. The van der Waals surface area contributed by atoms with E-state index in [0.717, 1.165) is 13.1 Å². The minimum atomic E-state index is -0.883. The Balaban J connectivity index is 1.75. The molecule has 8 heteroatoms. The molecule has 0 spiro atoms. The molecule has 1 aliphatic rings. The number of aliphatic hydroxyl groups is 1. The molecule has 0 bridgehead atoms. The van der Waals surface area contributed by atoms with Crippen molar-refractivity contribution in [3.8, 4) is 0 Å². The predicted octanol–water partition coefficient (Wildman–Crippen LogP) is 0.743. The number of rotatable bonds is 6. The zero-order valence-electron chi connectivity index (χ0n) is 16.8. The van der Waals surface area contributed by atoms with Gasteiger partial charge in [0.1, 0.15) is 0 Å². The topological polar surface area (TPSA) is 90.7 Å². The number of likely N-dealkylation sites (tertiary alicyclic amines) is 1. The number of benzene rings is 1. The zero-order valence-corrected chi connectivity index (χ0v) is 16.8. The summed E-state index contributed by atoms with van der Waals surface area (Å²) in [6, 6.07) is 5.11. The lowest BCUT2D eigenvalue weighted by molar-refractivity contribution is -0.116. The monoisotopic (exact) mass is 387 g/mol. The fraction of sp³-hybridized carbons (Fsp3) is 0.550. The van der Waals surface area contributed by atoms with Gasteiger partial charge in [0.25, 0.3) is 5.56 Å². The van der Waals surface area contributed by atoms with Gasteiger partial charge in [0.15, 0.2) is 0 Å². The van der Waals surface area contributed by atoms with Gasteiger partial charge in [-0.15, -0.1) is 0 Å². The first-order valence-electron chi connectivity index (χ1n) is 9.60. The number of anilines is 1. The lowest BCUT2D eigenvalue weighted by atomic mass is 9.91. The number of piperidine rings is 1. The van der Waals surface area contributed by atoms with Crippen LogP contribution >= 0.6 is 0 Å². The molecule has 1 amide bonds. The van der Waals surface area contributed by atoms with Gasteiger partial charge in [-0.3, -0.25) is 14.2 Å². The van der Waals surface area contributed by atoms with E-state index in [0.29, 0.717) is 42.4 Å². The van der Waals surface area contributed by atoms with Crippen LogP contribution in [0.3, 0.4) is 0 Å². The Morgan fingerprint density at radius 2 is 2.04 bits per heavy atom. The average molecular weight is 387 g/mol. The van der Waals surface area contributed by atoms with E-state index in [1.54, 1.807) is 18.2 Å². The van der Waals surface area contributed by atoms with Gasteiger partial charge in [0.2, 0.25) is 5.91 Å². The highest BCUT2D eigenvalue weighted by atomic mass is 16.3. The molecule has 152 valence electrons. The number of carbonyl (C=O) groups is 1. The minimum Gasteiger partial charge on any atom is -0.388 e. The number of hydrogen-bond acceptors (Lipinski definition) is 6. The van der Waals surface area contributed by atoms with Crippen molar-refractivity contribution in [1.29, 1.82) is 0 Å². The third kappa shape index (κ3) is 4.95. The summed E-state index contributed by atoms with van der Waals surface area (Å²) in [5.41, 5.74) is 0.0891.